The molecule has 2 aliphatic rings. The van der Waals surface area contributed by atoms with Crippen molar-refractivity contribution in [1.29, 1.82) is 0 Å². The van der Waals surface area contributed by atoms with Crippen LogP contribution in [0.1, 0.15) is 11.7 Å². The highest BCUT2D eigenvalue weighted by Crippen LogP contribution is 2.28. The molecule has 1 aromatic carbocycles. The number of aliphatic carboxylic acids is 1. The number of carbonyl (C=O) groups is 1. The van der Waals surface area contributed by atoms with Gasteiger partial charge in [-0.3, -0.25) is 0 Å². The van der Waals surface area contributed by atoms with Gasteiger partial charge < -0.3 is 54.7 Å². The molecule has 0 bridgehead atoms. The third-order valence-corrected chi connectivity index (χ3v) is 5.14. The molecule has 12 heteroatoms. The highest BCUT2D eigenvalue weighted by atomic mass is 16.7. The van der Waals surface area contributed by atoms with Gasteiger partial charge >= 0.3 is 5.97 Å². The molecule has 1 aromatic rings. The molecular formula is C19H26O12. The number of aliphatic hydroxyl groups is 6. The number of carboxylic acids is 1. The zero-order valence-electron chi connectivity index (χ0n) is 16.2. The molecule has 2 aliphatic heterocycles. The Kier molecular flexibility index (Phi) is 7.93. The molecule has 3 rings (SSSR count). The minimum Gasteiger partial charge on any atom is -0.479 e. The van der Waals surface area contributed by atoms with Crippen LogP contribution in [0.25, 0.3) is 0 Å². The van der Waals surface area contributed by atoms with Crippen molar-refractivity contribution in [2.24, 2.45) is 0 Å². The van der Waals surface area contributed by atoms with Gasteiger partial charge in [0.2, 0.25) is 0 Å². The lowest BCUT2D eigenvalue weighted by Gasteiger charge is -2.42. The average molecular weight is 446 g/mol. The molecule has 0 spiro atoms. The number of rotatable bonds is 7. The molecule has 0 saturated carbocycles. The Bertz CT molecular complexity index is 717. The highest BCUT2D eigenvalue weighted by Gasteiger charge is 2.47. The molecule has 7 N–H and O–H groups in total. The molecule has 2 saturated heterocycles. The Balaban J connectivity index is 1.66. The summed E-state index contributed by atoms with van der Waals surface area (Å²) in [5.41, 5.74) is 0.269. The first-order valence-electron chi connectivity index (χ1n) is 9.61. The summed E-state index contributed by atoms with van der Waals surface area (Å²) < 4.78 is 21.2. The Morgan fingerprint density at radius 1 is 0.935 bits per heavy atom. The van der Waals surface area contributed by atoms with Crippen LogP contribution in [0.3, 0.4) is 0 Å². The predicted octanol–water partition coefficient (Wildman–Crippen LogP) is -2.91. The number of hydrogen-bond acceptors (Lipinski definition) is 11. The fourth-order valence-electron chi connectivity index (χ4n) is 3.32. The van der Waals surface area contributed by atoms with Crippen LogP contribution in [0.15, 0.2) is 30.3 Å². The molecule has 0 aliphatic carbocycles. The Hall–Kier alpha value is -1.71. The van der Waals surface area contributed by atoms with Crippen molar-refractivity contribution < 1.29 is 59.5 Å². The van der Waals surface area contributed by atoms with Crippen LogP contribution >= 0.6 is 0 Å². The molecule has 12 nitrogen and oxygen atoms in total. The van der Waals surface area contributed by atoms with Crippen molar-refractivity contribution in [3.63, 3.8) is 0 Å². The number of benzene rings is 1. The Morgan fingerprint density at radius 3 is 2.23 bits per heavy atom. The zero-order valence-corrected chi connectivity index (χ0v) is 16.2. The van der Waals surface area contributed by atoms with E-state index >= 15 is 0 Å². The lowest BCUT2D eigenvalue weighted by Crippen LogP contribution is -2.60. The largest absolute Gasteiger partial charge is 0.479 e. The average Bonchev–Trinajstić information content (AvgIpc) is 2.76. The van der Waals surface area contributed by atoms with Crippen LogP contribution in [-0.2, 0) is 23.7 Å². The third-order valence-electron chi connectivity index (χ3n) is 5.14. The molecule has 0 amide bonds. The molecule has 0 aromatic heterocycles. The van der Waals surface area contributed by atoms with E-state index in [0.717, 1.165) is 0 Å². The van der Waals surface area contributed by atoms with Crippen molar-refractivity contribution in [2.45, 2.75) is 61.4 Å². The summed E-state index contributed by atoms with van der Waals surface area (Å²) in [5, 5.41) is 69.1. The zero-order chi connectivity index (χ0) is 22.7. The molecule has 2 heterocycles. The first kappa shape index (κ1) is 23.9. The quantitative estimate of drug-likeness (QED) is 0.226. The van der Waals surface area contributed by atoms with Gasteiger partial charge in [0.15, 0.2) is 18.7 Å². The van der Waals surface area contributed by atoms with E-state index in [4.69, 9.17) is 18.9 Å². The van der Waals surface area contributed by atoms with Crippen LogP contribution in [0.2, 0.25) is 0 Å². The maximum atomic E-state index is 11.6. The van der Waals surface area contributed by atoms with E-state index in [1.54, 1.807) is 18.2 Å². The maximum absolute atomic E-state index is 11.6. The first-order chi connectivity index (χ1) is 14.7. The summed E-state index contributed by atoms with van der Waals surface area (Å²) in [6.07, 6.45) is -15.3. The van der Waals surface area contributed by atoms with Gasteiger partial charge in [0.25, 0.3) is 0 Å². The van der Waals surface area contributed by atoms with E-state index in [2.05, 4.69) is 0 Å². The second kappa shape index (κ2) is 10.3. The Labute approximate surface area is 176 Å². The second-order valence-corrected chi connectivity index (χ2v) is 7.36. The van der Waals surface area contributed by atoms with Crippen molar-refractivity contribution in [3.8, 4) is 0 Å². The smallest absolute Gasteiger partial charge is 0.337 e. The fraction of sp³-hybridized carbons (Fsp3) is 0.632. The first-order valence-corrected chi connectivity index (χ1v) is 9.61. The van der Waals surface area contributed by atoms with Crippen LogP contribution in [-0.4, -0.2) is 110 Å². The van der Waals surface area contributed by atoms with Gasteiger partial charge in [-0.05, 0) is 5.56 Å². The number of hydrogen-bond donors (Lipinski definition) is 7. The van der Waals surface area contributed by atoms with E-state index in [9.17, 15) is 40.5 Å². The van der Waals surface area contributed by atoms with Crippen molar-refractivity contribution in [2.75, 3.05) is 13.2 Å². The predicted molar refractivity (Wildman–Crippen MR) is 98.3 cm³/mol. The summed E-state index contributed by atoms with van der Waals surface area (Å²) >= 11 is 0. The van der Waals surface area contributed by atoms with Gasteiger partial charge in [0, 0.05) is 0 Å². The molecule has 10 atom stereocenters. The SMILES string of the molecule is O=C(O)C(OC1OC(COC2OCC(O)C(O)C2O)C(O)C(O)C1O)c1ccccc1. The minimum atomic E-state index is -1.76. The maximum Gasteiger partial charge on any atom is 0.337 e. The minimum absolute atomic E-state index is 0.269. The molecule has 31 heavy (non-hydrogen) atoms. The molecule has 10 unspecified atom stereocenters. The van der Waals surface area contributed by atoms with Gasteiger partial charge in [-0.15, -0.1) is 0 Å². The molecule has 2 fully saturated rings. The normalized spacial score (nSPS) is 39.7. The van der Waals surface area contributed by atoms with Gasteiger partial charge in [0.05, 0.1) is 13.2 Å². The van der Waals surface area contributed by atoms with Gasteiger partial charge in [-0.2, -0.15) is 0 Å². The fourth-order valence-corrected chi connectivity index (χ4v) is 3.32. The summed E-state index contributed by atoms with van der Waals surface area (Å²) in [6, 6.07) is 7.88. The summed E-state index contributed by atoms with van der Waals surface area (Å²) in [4.78, 5) is 11.6. The number of aliphatic hydroxyl groups excluding tert-OH is 6. The summed E-state index contributed by atoms with van der Waals surface area (Å²) in [7, 11) is 0. The van der Waals surface area contributed by atoms with E-state index < -0.39 is 74.0 Å². The summed E-state index contributed by atoms with van der Waals surface area (Å²) in [5.74, 6) is -1.36. The number of carboxylic acid groups (broad SMARTS) is 1. The van der Waals surface area contributed by atoms with Gasteiger partial charge in [-0.1, -0.05) is 30.3 Å². The van der Waals surface area contributed by atoms with E-state index in [1.165, 1.54) is 12.1 Å². The van der Waals surface area contributed by atoms with Gasteiger partial charge in [-0.25, -0.2) is 4.79 Å². The molecular weight excluding hydrogens is 420 g/mol. The number of ether oxygens (including phenoxy) is 4. The topological polar surface area (TPSA) is 196 Å². The molecule has 174 valence electrons. The van der Waals surface area contributed by atoms with Crippen LogP contribution < -0.4 is 0 Å². The Morgan fingerprint density at radius 2 is 1.58 bits per heavy atom. The van der Waals surface area contributed by atoms with E-state index in [1.807, 2.05) is 0 Å². The lowest BCUT2D eigenvalue weighted by molar-refractivity contribution is -0.327. The van der Waals surface area contributed by atoms with Gasteiger partial charge in [0.1, 0.15) is 42.7 Å². The second-order valence-electron chi connectivity index (χ2n) is 7.36. The van der Waals surface area contributed by atoms with Crippen LogP contribution in [0.5, 0.6) is 0 Å². The molecule has 0 radical (unpaired) electrons. The van der Waals surface area contributed by atoms with E-state index in [-0.39, 0.29) is 12.2 Å². The monoisotopic (exact) mass is 446 g/mol. The van der Waals surface area contributed by atoms with Crippen LogP contribution in [0.4, 0.5) is 0 Å². The lowest BCUT2D eigenvalue weighted by atomic mass is 9.99. The third kappa shape index (κ3) is 5.38. The van der Waals surface area contributed by atoms with Crippen LogP contribution in [0, 0.1) is 0 Å². The van der Waals surface area contributed by atoms with E-state index in [0.29, 0.717) is 0 Å². The summed E-state index contributed by atoms with van der Waals surface area (Å²) in [6.45, 7) is -0.778. The van der Waals surface area contributed by atoms with Crippen molar-refractivity contribution >= 4 is 5.97 Å². The highest BCUT2D eigenvalue weighted by molar-refractivity contribution is 5.74. The standard InChI is InChI=1S/C19H26O12/c20-9-6-28-18(14(24)11(9)21)29-7-10-12(22)13(23)15(25)19(30-10)31-16(17(26)27)8-4-2-1-3-5-8/h1-5,9-16,18-25H,6-7H2,(H,26,27). The van der Waals surface area contributed by atoms with Crippen molar-refractivity contribution in [3.05, 3.63) is 35.9 Å². The van der Waals surface area contributed by atoms with Crippen molar-refractivity contribution in [1.82, 2.24) is 0 Å².